The largest absolute Gasteiger partial charge is 0.338 e. The van der Waals surface area contributed by atoms with Crippen molar-refractivity contribution in [3.05, 3.63) is 75.3 Å². The minimum Gasteiger partial charge on any atom is -0.338 e. The zero-order valence-corrected chi connectivity index (χ0v) is 16.6. The second-order valence-electron chi connectivity index (χ2n) is 8.46. The first kappa shape index (κ1) is 20.0. The maximum atomic E-state index is 13.1. The molecule has 1 heterocycles. The third kappa shape index (κ3) is 3.92. The molecule has 0 aliphatic carbocycles. The molecule has 2 aromatic carbocycles. The van der Waals surface area contributed by atoms with Crippen molar-refractivity contribution < 1.29 is 9.72 Å². The van der Waals surface area contributed by atoms with Gasteiger partial charge in [-0.2, -0.15) is 0 Å². The van der Waals surface area contributed by atoms with Crippen LogP contribution in [-0.2, 0) is 5.41 Å². The Hall–Kier alpha value is -2.73. The molecule has 3 rings (SSSR count). The highest BCUT2D eigenvalue weighted by Gasteiger charge is 2.36. The molecule has 28 heavy (non-hydrogen) atoms. The number of nitrogens with two attached hydrogens (primary N) is 1. The number of nitrogens with zero attached hydrogens (tertiary/aromatic N) is 2. The predicted molar refractivity (Wildman–Crippen MR) is 109 cm³/mol. The number of carbonyl (C=O) groups excluding carboxylic acids is 1. The lowest BCUT2D eigenvalue weighted by Crippen LogP contribution is -2.30. The number of benzene rings is 2. The Balaban J connectivity index is 1.88. The molecule has 0 spiro atoms. The molecule has 2 N–H and O–H groups in total. The van der Waals surface area contributed by atoms with Crippen LogP contribution in [0.15, 0.2) is 48.5 Å². The van der Waals surface area contributed by atoms with E-state index >= 15 is 0 Å². The SMILES string of the molecule is CC(C)(C)c1ccc(C(=O)N2C[C@@H](CN)[C@H](c3ccccc3)C2)cc1[N+](=O)[O-]. The molecule has 2 atom stereocenters. The fourth-order valence-corrected chi connectivity index (χ4v) is 3.99. The van der Waals surface area contributed by atoms with Crippen molar-refractivity contribution in [2.45, 2.75) is 32.1 Å². The number of hydrogen-bond acceptors (Lipinski definition) is 4. The van der Waals surface area contributed by atoms with E-state index in [1.807, 2.05) is 39.0 Å². The van der Waals surface area contributed by atoms with E-state index in [-0.39, 0.29) is 28.8 Å². The summed E-state index contributed by atoms with van der Waals surface area (Å²) < 4.78 is 0. The van der Waals surface area contributed by atoms with Crippen molar-refractivity contribution >= 4 is 11.6 Å². The maximum absolute atomic E-state index is 13.1. The Labute approximate surface area is 165 Å². The van der Waals surface area contributed by atoms with Crippen molar-refractivity contribution in [1.29, 1.82) is 0 Å². The zero-order chi connectivity index (χ0) is 20.5. The quantitative estimate of drug-likeness (QED) is 0.646. The minimum atomic E-state index is -0.406. The molecule has 148 valence electrons. The molecule has 2 aromatic rings. The van der Waals surface area contributed by atoms with Gasteiger partial charge in [0.25, 0.3) is 11.6 Å². The molecular formula is C22H27N3O3. The number of nitro groups is 1. The van der Waals surface area contributed by atoms with Crippen molar-refractivity contribution in [2.24, 2.45) is 11.7 Å². The van der Waals surface area contributed by atoms with E-state index in [4.69, 9.17) is 5.73 Å². The highest BCUT2D eigenvalue weighted by Crippen LogP contribution is 2.35. The molecule has 1 amide bonds. The predicted octanol–water partition coefficient (Wildman–Crippen LogP) is 3.71. The van der Waals surface area contributed by atoms with Gasteiger partial charge < -0.3 is 10.6 Å². The smallest absolute Gasteiger partial charge is 0.273 e. The van der Waals surface area contributed by atoms with Crippen LogP contribution in [0.25, 0.3) is 0 Å². The van der Waals surface area contributed by atoms with Crippen LogP contribution in [0.5, 0.6) is 0 Å². The summed E-state index contributed by atoms with van der Waals surface area (Å²) in [5.74, 6) is 0.176. The molecule has 0 saturated carbocycles. The second kappa shape index (κ2) is 7.72. The molecule has 0 aromatic heterocycles. The Morgan fingerprint density at radius 1 is 1.18 bits per heavy atom. The second-order valence-corrected chi connectivity index (χ2v) is 8.46. The van der Waals surface area contributed by atoms with E-state index in [2.05, 4.69) is 12.1 Å². The van der Waals surface area contributed by atoms with Gasteiger partial charge in [0.1, 0.15) is 0 Å². The lowest BCUT2D eigenvalue weighted by atomic mass is 9.85. The van der Waals surface area contributed by atoms with Crippen molar-refractivity contribution in [1.82, 2.24) is 4.90 Å². The van der Waals surface area contributed by atoms with Crippen LogP contribution >= 0.6 is 0 Å². The number of likely N-dealkylation sites (tertiary alicyclic amines) is 1. The van der Waals surface area contributed by atoms with Crippen LogP contribution in [0, 0.1) is 16.0 Å². The molecule has 0 unspecified atom stereocenters. The first-order valence-electron chi connectivity index (χ1n) is 9.55. The van der Waals surface area contributed by atoms with E-state index in [1.54, 1.807) is 17.0 Å². The van der Waals surface area contributed by atoms with E-state index in [9.17, 15) is 14.9 Å². The highest BCUT2D eigenvalue weighted by molar-refractivity contribution is 5.95. The van der Waals surface area contributed by atoms with Gasteiger partial charge in [-0.15, -0.1) is 0 Å². The highest BCUT2D eigenvalue weighted by atomic mass is 16.6. The van der Waals surface area contributed by atoms with Gasteiger partial charge in [0.2, 0.25) is 0 Å². The Morgan fingerprint density at radius 3 is 2.43 bits per heavy atom. The van der Waals surface area contributed by atoms with Crippen LogP contribution in [0.2, 0.25) is 0 Å². The lowest BCUT2D eigenvalue weighted by Gasteiger charge is -2.20. The number of nitro benzene ring substituents is 1. The van der Waals surface area contributed by atoms with Crippen molar-refractivity contribution in [3.8, 4) is 0 Å². The van der Waals surface area contributed by atoms with Gasteiger partial charge in [0.15, 0.2) is 0 Å². The third-order valence-electron chi connectivity index (χ3n) is 5.51. The Morgan fingerprint density at radius 2 is 1.86 bits per heavy atom. The molecule has 1 aliphatic heterocycles. The topological polar surface area (TPSA) is 89.5 Å². The van der Waals surface area contributed by atoms with Gasteiger partial charge in [-0.05, 0) is 29.5 Å². The summed E-state index contributed by atoms with van der Waals surface area (Å²) >= 11 is 0. The van der Waals surface area contributed by atoms with E-state index in [0.717, 1.165) is 0 Å². The van der Waals surface area contributed by atoms with Crippen LogP contribution < -0.4 is 5.73 Å². The van der Waals surface area contributed by atoms with Gasteiger partial charge in [0, 0.05) is 36.2 Å². The van der Waals surface area contributed by atoms with Crippen LogP contribution in [0.3, 0.4) is 0 Å². The molecule has 6 heteroatoms. The summed E-state index contributed by atoms with van der Waals surface area (Å²) in [4.78, 5) is 26.0. The Kier molecular flexibility index (Phi) is 5.52. The van der Waals surface area contributed by atoms with Gasteiger partial charge >= 0.3 is 0 Å². The fourth-order valence-electron chi connectivity index (χ4n) is 3.99. The summed E-state index contributed by atoms with van der Waals surface area (Å²) in [6, 6.07) is 14.9. The molecule has 1 aliphatic rings. The minimum absolute atomic E-state index is 0.00692. The standard InChI is InChI=1S/C22H27N3O3/c1-22(2,3)19-10-9-16(11-20(19)25(27)28)21(26)24-13-17(12-23)18(14-24)15-7-5-4-6-8-15/h4-11,17-18H,12-14,23H2,1-3H3/t17-,18+/m1/s1. The lowest BCUT2D eigenvalue weighted by molar-refractivity contribution is -0.386. The molecule has 0 radical (unpaired) electrons. The fraction of sp³-hybridized carbons (Fsp3) is 0.409. The van der Waals surface area contributed by atoms with Crippen LogP contribution in [0.1, 0.15) is 48.2 Å². The van der Waals surface area contributed by atoms with Gasteiger partial charge in [-0.3, -0.25) is 14.9 Å². The van der Waals surface area contributed by atoms with Crippen LogP contribution in [0.4, 0.5) is 5.69 Å². The summed E-state index contributed by atoms with van der Waals surface area (Å²) in [5, 5.41) is 11.6. The molecule has 6 nitrogen and oxygen atoms in total. The summed E-state index contributed by atoms with van der Waals surface area (Å²) in [6.07, 6.45) is 0. The average molecular weight is 381 g/mol. The van der Waals surface area contributed by atoms with Gasteiger partial charge in [0.05, 0.1) is 4.92 Å². The van der Waals surface area contributed by atoms with Crippen LogP contribution in [-0.4, -0.2) is 35.4 Å². The number of hydrogen-bond donors (Lipinski definition) is 1. The first-order chi connectivity index (χ1) is 13.2. The normalized spacial score (nSPS) is 19.6. The van der Waals surface area contributed by atoms with Gasteiger partial charge in [-0.1, -0.05) is 57.2 Å². The van der Waals surface area contributed by atoms with E-state index in [1.165, 1.54) is 11.6 Å². The zero-order valence-electron chi connectivity index (χ0n) is 16.6. The van der Waals surface area contributed by atoms with E-state index in [0.29, 0.717) is 30.8 Å². The summed E-state index contributed by atoms with van der Waals surface area (Å²) in [6.45, 7) is 7.39. The summed E-state index contributed by atoms with van der Waals surface area (Å²) in [5.41, 5.74) is 7.73. The third-order valence-corrected chi connectivity index (χ3v) is 5.51. The number of amides is 1. The number of carbonyl (C=O) groups is 1. The Bertz CT molecular complexity index is 874. The van der Waals surface area contributed by atoms with Gasteiger partial charge in [-0.25, -0.2) is 0 Å². The number of rotatable bonds is 4. The first-order valence-corrected chi connectivity index (χ1v) is 9.55. The van der Waals surface area contributed by atoms with E-state index < -0.39 is 4.92 Å². The maximum Gasteiger partial charge on any atom is 0.273 e. The summed E-state index contributed by atoms with van der Waals surface area (Å²) in [7, 11) is 0. The molecule has 0 bridgehead atoms. The molecular weight excluding hydrogens is 354 g/mol. The van der Waals surface area contributed by atoms with Crippen molar-refractivity contribution in [2.75, 3.05) is 19.6 Å². The molecule has 1 saturated heterocycles. The van der Waals surface area contributed by atoms with Crippen molar-refractivity contribution in [3.63, 3.8) is 0 Å². The average Bonchev–Trinajstić information content (AvgIpc) is 3.11. The molecule has 1 fully saturated rings. The monoisotopic (exact) mass is 381 g/mol.